The molecular weight excluding hydrogens is 130 g/mol. The average molecular weight is 139 g/mol. The molecule has 0 rings (SSSR count). The van der Waals surface area contributed by atoms with Gasteiger partial charge in [0.2, 0.25) is 11.3 Å². The smallest absolute Gasteiger partial charge is 0.232 e. The van der Waals surface area contributed by atoms with Gasteiger partial charge in [0.05, 0.1) is 6.61 Å². The van der Waals surface area contributed by atoms with Crippen LogP contribution in [0, 0.1) is 0 Å². The summed E-state index contributed by atoms with van der Waals surface area (Å²) in [6.45, 7) is 1.47. The zero-order chi connectivity index (χ0) is 6.57. The summed E-state index contributed by atoms with van der Waals surface area (Å²) >= 11 is -2.01. The van der Waals surface area contributed by atoms with E-state index >= 15 is 0 Å². The molecule has 2 unspecified atom stereocenters. The molecule has 5 heteroatoms. The second-order valence-corrected chi connectivity index (χ2v) is 2.18. The Hall–Kier alpha value is 0.0300. The van der Waals surface area contributed by atoms with Crippen LogP contribution in [0.15, 0.2) is 0 Å². The monoisotopic (exact) mass is 139 g/mol. The fourth-order valence-corrected chi connectivity index (χ4v) is 0.628. The zero-order valence-electron chi connectivity index (χ0n) is 4.50. The molecule has 0 fully saturated rings. The van der Waals surface area contributed by atoms with E-state index in [1.54, 1.807) is 6.92 Å². The highest BCUT2D eigenvalue weighted by Crippen LogP contribution is 1.76. The number of aliphatic hydroxyl groups excluding tert-OH is 1. The lowest BCUT2D eigenvalue weighted by atomic mass is 10.4. The van der Waals surface area contributed by atoms with Gasteiger partial charge < -0.3 is 5.11 Å². The summed E-state index contributed by atoms with van der Waals surface area (Å²) in [5.74, 6) is 0. The minimum Gasteiger partial charge on any atom is -0.395 e. The molecule has 0 spiro atoms. The van der Waals surface area contributed by atoms with Crippen molar-refractivity contribution < 1.29 is 13.9 Å². The van der Waals surface area contributed by atoms with Crippen LogP contribution in [0.2, 0.25) is 0 Å². The van der Waals surface area contributed by atoms with Crippen molar-refractivity contribution in [1.29, 1.82) is 0 Å². The molecule has 0 aromatic carbocycles. The molecular formula is C3H9NO3S. The van der Waals surface area contributed by atoms with Gasteiger partial charge in [-0.25, -0.2) is 8.93 Å². The van der Waals surface area contributed by atoms with Crippen molar-refractivity contribution in [3.05, 3.63) is 0 Å². The first-order valence-corrected chi connectivity index (χ1v) is 3.25. The van der Waals surface area contributed by atoms with Crippen LogP contribution in [0.1, 0.15) is 6.92 Å². The molecule has 0 aromatic heterocycles. The van der Waals surface area contributed by atoms with Crippen LogP contribution in [-0.4, -0.2) is 26.5 Å². The summed E-state index contributed by atoms with van der Waals surface area (Å²) in [5, 5.41) is 8.28. The molecule has 0 amide bonds. The van der Waals surface area contributed by atoms with Gasteiger partial charge in [0.15, 0.2) is 0 Å². The van der Waals surface area contributed by atoms with Crippen molar-refractivity contribution in [2.24, 2.45) is 0 Å². The first-order valence-electron chi connectivity index (χ1n) is 2.14. The first-order chi connectivity index (χ1) is 3.66. The second-order valence-electron chi connectivity index (χ2n) is 1.45. The zero-order valence-corrected chi connectivity index (χ0v) is 5.31. The molecule has 0 saturated heterocycles. The van der Waals surface area contributed by atoms with Gasteiger partial charge in [0.1, 0.15) is 0 Å². The Morgan fingerprint density at radius 1 is 1.88 bits per heavy atom. The molecule has 3 N–H and O–H groups in total. The van der Waals surface area contributed by atoms with E-state index in [2.05, 4.69) is 4.72 Å². The molecule has 2 atom stereocenters. The maximum atomic E-state index is 9.86. The van der Waals surface area contributed by atoms with Gasteiger partial charge in [-0.15, -0.1) is 0 Å². The van der Waals surface area contributed by atoms with Gasteiger partial charge in [0, 0.05) is 6.04 Å². The van der Waals surface area contributed by atoms with E-state index in [-0.39, 0.29) is 12.6 Å². The van der Waals surface area contributed by atoms with Crippen molar-refractivity contribution in [1.82, 2.24) is 4.72 Å². The lowest BCUT2D eigenvalue weighted by molar-refractivity contribution is 0.264. The highest BCUT2D eigenvalue weighted by molar-refractivity contribution is 7.77. The third-order valence-corrected chi connectivity index (χ3v) is 1.18. The minimum absolute atomic E-state index is 0.133. The van der Waals surface area contributed by atoms with Gasteiger partial charge in [-0.1, -0.05) is 0 Å². The summed E-state index contributed by atoms with van der Waals surface area (Å²) in [6.07, 6.45) is 0. The average Bonchev–Trinajstić information content (AvgIpc) is 1.65. The van der Waals surface area contributed by atoms with E-state index in [1.165, 1.54) is 0 Å². The van der Waals surface area contributed by atoms with E-state index in [1.807, 2.05) is 0 Å². The normalized spacial score (nSPS) is 17.9. The van der Waals surface area contributed by atoms with Crippen molar-refractivity contribution in [2.45, 2.75) is 13.0 Å². The van der Waals surface area contributed by atoms with Gasteiger partial charge in [-0.05, 0) is 6.92 Å². The minimum atomic E-state index is -2.01. The number of hydrogen-bond donors (Lipinski definition) is 3. The fourth-order valence-electron chi connectivity index (χ4n) is 0.209. The van der Waals surface area contributed by atoms with Crippen LogP contribution in [-0.2, 0) is 11.3 Å². The Kier molecular flexibility index (Phi) is 3.98. The Morgan fingerprint density at radius 3 is 2.50 bits per heavy atom. The molecule has 0 aliphatic carbocycles. The second kappa shape index (κ2) is 3.96. The number of nitrogens with one attached hydrogen (secondary N) is 1. The predicted octanol–water partition coefficient (Wildman–Crippen LogP) is -0.906. The SMILES string of the molecule is CC(CO)NS(=O)O. The molecule has 4 nitrogen and oxygen atoms in total. The topological polar surface area (TPSA) is 69.6 Å². The Balaban J connectivity index is 3.24. The van der Waals surface area contributed by atoms with Crippen molar-refractivity contribution in [3.8, 4) is 0 Å². The Morgan fingerprint density at radius 2 is 2.38 bits per heavy atom. The van der Waals surface area contributed by atoms with Crippen LogP contribution < -0.4 is 4.72 Å². The van der Waals surface area contributed by atoms with Crippen LogP contribution in [0.3, 0.4) is 0 Å². The van der Waals surface area contributed by atoms with Gasteiger partial charge in [-0.3, -0.25) is 4.55 Å². The highest BCUT2D eigenvalue weighted by atomic mass is 32.2. The van der Waals surface area contributed by atoms with Crippen LogP contribution in [0.4, 0.5) is 0 Å². The Labute approximate surface area is 50.3 Å². The van der Waals surface area contributed by atoms with E-state index in [0.29, 0.717) is 0 Å². The van der Waals surface area contributed by atoms with Gasteiger partial charge >= 0.3 is 0 Å². The third-order valence-electron chi connectivity index (χ3n) is 0.576. The lowest BCUT2D eigenvalue weighted by Gasteiger charge is -2.03. The quantitative estimate of drug-likeness (QED) is 0.443. The van der Waals surface area contributed by atoms with Crippen molar-refractivity contribution in [3.63, 3.8) is 0 Å². The molecule has 50 valence electrons. The molecule has 0 aromatic rings. The van der Waals surface area contributed by atoms with Crippen molar-refractivity contribution >= 4 is 11.3 Å². The molecule has 0 heterocycles. The summed E-state index contributed by atoms with van der Waals surface area (Å²) in [5.41, 5.74) is 0. The van der Waals surface area contributed by atoms with Crippen LogP contribution in [0.25, 0.3) is 0 Å². The predicted molar refractivity (Wildman–Crippen MR) is 30.5 cm³/mol. The summed E-state index contributed by atoms with van der Waals surface area (Å²) < 4.78 is 20.1. The van der Waals surface area contributed by atoms with Gasteiger partial charge in [-0.2, -0.15) is 0 Å². The van der Waals surface area contributed by atoms with E-state index in [9.17, 15) is 4.21 Å². The van der Waals surface area contributed by atoms with E-state index in [0.717, 1.165) is 0 Å². The molecule has 8 heavy (non-hydrogen) atoms. The maximum absolute atomic E-state index is 9.86. The standard InChI is InChI=1S/C3H9NO3S/c1-3(2-5)4-8(6)7/h3-5H,2H2,1H3,(H,6,7). The largest absolute Gasteiger partial charge is 0.395 e. The van der Waals surface area contributed by atoms with Crippen molar-refractivity contribution in [2.75, 3.05) is 6.61 Å². The summed E-state index contributed by atoms with van der Waals surface area (Å²) in [7, 11) is 0. The van der Waals surface area contributed by atoms with Gasteiger partial charge in [0.25, 0.3) is 0 Å². The van der Waals surface area contributed by atoms with Crippen LogP contribution >= 0.6 is 0 Å². The maximum Gasteiger partial charge on any atom is 0.232 e. The van der Waals surface area contributed by atoms with E-state index < -0.39 is 11.3 Å². The molecule has 0 bridgehead atoms. The summed E-state index contributed by atoms with van der Waals surface area (Å²) in [4.78, 5) is 0. The molecule has 0 aliphatic rings. The highest BCUT2D eigenvalue weighted by Gasteiger charge is 1.99. The molecule has 0 radical (unpaired) electrons. The molecule has 0 saturated carbocycles. The van der Waals surface area contributed by atoms with Crippen LogP contribution in [0.5, 0.6) is 0 Å². The number of rotatable bonds is 3. The fraction of sp³-hybridized carbons (Fsp3) is 1.00. The third kappa shape index (κ3) is 4.20. The molecule has 0 aliphatic heterocycles. The van der Waals surface area contributed by atoms with E-state index in [4.69, 9.17) is 9.66 Å². The number of hydrogen-bond acceptors (Lipinski definition) is 2. The lowest BCUT2D eigenvalue weighted by Crippen LogP contribution is -2.30. The Bertz CT molecular complexity index is 86.6. The summed E-state index contributed by atoms with van der Waals surface area (Å²) in [6, 6.07) is -0.319. The first kappa shape index (κ1) is 8.03. The number of aliphatic hydroxyl groups is 1.